The van der Waals surface area contributed by atoms with Crippen LogP contribution < -0.4 is 14.8 Å². The SMILES string of the molecule is CCOc1ccc(Nc2nc(-c3cc(OC)ccn3)no2)nc1. The second kappa shape index (κ2) is 6.73. The summed E-state index contributed by atoms with van der Waals surface area (Å²) in [4.78, 5) is 12.6. The summed E-state index contributed by atoms with van der Waals surface area (Å²) in [5, 5.41) is 6.81. The first-order valence-corrected chi connectivity index (χ1v) is 6.98. The molecule has 0 fully saturated rings. The van der Waals surface area contributed by atoms with Gasteiger partial charge >= 0.3 is 6.01 Å². The lowest BCUT2D eigenvalue weighted by molar-refractivity contribution is 0.339. The summed E-state index contributed by atoms with van der Waals surface area (Å²) in [7, 11) is 1.58. The van der Waals surface area contributed by atoms with Crippen molar-refractivity contribution in [3.63, 3.8) is 0 Å². The van der Waals surface area contributed by atoms with E-state index in [2.05, 4.69) is 25.4 Å². The van der Waals surface area contributed by atoms with Crippen molar-refractivity contribution in [1.82, 2.24) is 20.1 Å². The molecule has 3 heterocycles. The lowest BCUT2D eigenvalue weighted by atomic mass is 10.3. The van der Waals surface area contributed by atoms with E-state index < -0.39 is 0 Å². The van der Waals surface area contributed by atoms with E-state index in [0.717, 1.165) is 0 Å². The van der Waals surface area contributed by atoms with Crippen molar-refractivity contribution in [2.45, 2.75) is 6.92 Å². The van der Waals surface area contributed by atoms with Gasteiger partial charge in [0.05, 0.1) is 19.9 Å². The molecule has 8 nitrogen and oxygen atoms in total. The topological polar surface area (TPSA) is 95.2 Å². The number of hydrogen-bond acceptors (Lipinski definition) is 8. The first kappa shape index (κ1) is 14.8. The average molecular weight is 313 g/mol. The third kappa shape index (κ3) is 3.54. The Hall–Kier alpha value is -3.16. The summed E-state index contributed by atoms with van der Waals surface area (Å²) in [5.41, 5.74) is 0.556. The predicted molar refractivity (Wildman–Crippen MR) is 82.8 cm³/mol. The van der Waals surface area contributed by atoms with Crippen LogP contribution in [0.2, 0.25) is 0 Å². The van der Waals surface area contributed by atoms with Gasteiger partial charge in [-0.3, -0.25) is 10.3 Å². The molecule has 0 bridgehead atoms. The largest absolute Gasteiger partial charge is 0.497 e. The Balaban J connectivity index is 1.73. The minimum Gasteiger partial charge on any atom is -0.497 e. The predicted octanol–water partition coefficient (Wildman–Crippen LogP) is 2.68. The smallest absolute Gasteiger partial charge is 0.327 e. The molecule has 8 heteroatoms. The summed E-state index contributed by atoms with van der Waals surface area (Å²) in [6, 6.07) is 7.26. The maximum Gasteiger partial charge on any atom is 0.327 e. The van der Waals surface area contributed by atoms with E-state index in [1.807, 2.05) is 6.92 Å². The van der Waals surface area contributed by atoms with Crippen molar-refractivity contribution in [3.05, 3.63) is 36.7 Å². The highest BCUT2D eigenvalue weighted by molar-refractivity contribution is 5.54. The molecule has 0 radical (unpaired) electrons. The van der Waals surface area contributed by atoms with Crippen LogP contribution in [-0.4, -0.2) is 33.8 Å². The van der Waals surface area contributed by atoms with Gasteiger partial charge in [0.2, 0.25) is 5.82 Å². The van der Waals surface area contributed by atoms with Gasteiger partial charge in [-0.25, -0.2) is 4.98 Å². The summed E-state index contributed by atoms with van der Waals surface area (Å²) in [5.74, 6) is 2.30. The van der Waals surface area contributed by atoms with E-state index >= 15 is 0 Å². The number of nitrogens with one attached hydrogen (secondary N) is 1. The minimum absolute atomic E-state index is 0.223. The Morgan fingerprint density at radius 2 is 2.09 bits per heavy atom. The maximum absolute atomic E-state index is 5.33. The summed E-state index contributed by atoms with van der Waals surface area (Å²) in [6.07, 6.45) is 3.23. The van der Waals surface area contributed by atoms with Crippen molar-refractivity contribution in [2.75, 3.05) is 19.0 Å². The lowest BCUT2D eigenvalue weighted by Crippen LogP contribution is -1.96. The highest BCUT2D eigenvalue weighted by atomic mass is 16.5. The van der Waals surface area contributed by atoms with E-state index in [4.69, 9.17) is 14.0 Å². The van der Waals surface area contributed by atoms with Gasteiger partial charge in [-0.1, -0.05) is 5.16 Å². The lowest BCUT2D eigenvalue weighted by Gasteiger charge is -2.03. The summed E-state index contributed by atoms with van der Waals surface area (Å²) >= 11 is 0. The van der Waals surface area contributed by atoms with Crippen LogP contribution in [0.5, 0.6) is 11.5 Å². The average Bonchev–Trinajstić information content (AvgIpc) is 3.05. The van der Waals surface area contributed by atoms with Crippen LogP contribution in [0.4, 0.5) is 11.8 Å². The van der Waals surface area contributed by atoms with Crippen molar-refractivity contribution in [2.24, 2.45) is 0 Å². The van der Waals surface area contributed by atoms with Crippen LogP contribution in [0.25, 0.3) is 11.5 Å². The van der Waals surface area contributed by atoms with Gasteiger partial charge in [-0.15, -0.1) is 0 Å². The van der Waals surface area contributed by atoms with E-state index in [1.165, 1.54) is 0 Å². The fraction of sp³-hybridized carbons (Fsp3) is 0.200. The van der Waals surface area contributed by atoms with Crippen LogP contribution in [0.1, 0.15) is 6.92 Å². The van der Waals surface area contributed by atoms with E-state index in [9.17, 15) is 0 Å². The number of nitrogens with zero attached hydrogens (tertiary/aromatic N) is 4. The standard InChI is InChI=1S/C15H15N5O3/c1-3-22-11-4-5-13(17-9-11)18-15-19-14(20-23-15)12-8-10(21-2)6-7-16-12/h4-9H,3H2,1-2H3,(H,17,18,19,20). The molecule has 3 aromatic rings. The molecule has 1 N–H and O–H groups in total. The molecule has 0 aliphatic heterocycles. The Labute approximate surface area is 132 Å². The quantitative estimate of drug-likeness (QED) is 0.742. The Bertz CT molecular complexity index is 773. The zero-order valence-corrected chi connectivity index (χ0v) is 12.7. The zero-order chi connectivity index (χ0) is 16.1. The maximum atomic E-state index is 5.33. The van der Waals surface area contributed by atoms with Crippen LogP contribution in [0, 0.1) is 0 Å². The van der Waals surface area contributed by atoms with E-state index in [0.29, 0.717) is 35.4 Å². The van der Waals surface area contributed by atoms with Crippen LogP contribution in [0.3, 0.4) is 0 Å². The monoisotopic (exact) mass is 313 g/mol. The normalized spacial score (nSPS) is 10.3. The van der Waals surface area contributed by atoms with Crippen molar-refractivity contribution in [3.8, 4) is 23.0 Å². The summed E-state index contributed by atoms with van der Waals surface area (Å²) < 4.78 is 15.6. The molecule has 0 aromatic carbocycles. The van der Waals surface area contributed by atoms with Crippen LogP contribution in [0.15, 0.2) is 41.2 Å². The number of hydrogen-bond donors (Lipinski definition) is 1. The molecule has 0 saturated heterocycles. The Morgan fingerprint density at radius 3 is 2.83 bits per heavy atom. The Kier molecular flexibility index (Phi) is 4.32. The molecule has 0 unspecified atom stereocenters. The third-order valence-corrected chi connectivity index (χ3v) is 2.90. The molecule has 0 atom stereocenters. The van der Waals surface area contributed by atoms with Gasteiger partial charge in [-0.2, -0.15) is 4.98 Å². The number of anilines is 2. The van der Waals surface area contributed by atoms with Crippen molar-refractivity contribution in [1.29, 1.82) is 0 Å². The molecule has 118 valence electrons. The highest BCUT2D eigenvalue weighted by Crippen LogP contribution is 2.21. The molecule has 0 amide bonds. The van der Waals surface area contributed by atoms with Gasteiger partial charge in [0.1, 0.15) is 23.0 Å². The fourth-order valence-corrected chi connectivity index (χ4v) is 1.85. The van der Waals surface area contributed by atoms with Gasteiger partial charge in [0, 0.05) is 12.3 Å². The second-order valence-electron chi connectivity index (χ2n) is 4.44. The summed E-state index contributed by atoms with van der Waals surface area (Å²) in [6.45, 7) is 2.51. The Morgan fingerprint density at radius 1 is 1.17 bits per heavy atom. The molecule has 0 aliphatic rings. The van der Waals surface area contributed by atoms with Gasteiger partial charge in [0.25, 0.3) is 0 Å². The zero-order valence-electron chi connectivity index (χ0n) is 12.7. The number of rotatable bonds is 6. The molecule has 0 saturated carbocycles. The molecule has 3 rings (SSSR count). The van der Waals surface area contributed by atoms with E-state index in [1.54, 1.807) is 43.8 Å². The molecular weight excluding hydrogens is 298 g/mol. The number of pyridine rings is 2. The second-order valence-corrected chi connectivity index (χ2v) is 4.44. The third-order valence-electron chi connectivity index (χ3n) is 2.90. The molecule has 0 aliphatic carbocycles. The highest BCUT2D eigenvalue weighted by Gasteiger charge is 2.11. The first-order valence-electron chi connectivity index (χ1n) is 6.98. The molecular formula is C15H15N5O3. The van der Waals surface area contributed by atoms with Crippen molar-refractivity contribution < 1.29 is 14.0 Å². The van der Waals surface area contributed by atoms with Gasteiger partial charge < -0.3 is 14.0 Å². The molecule has 3 aromatic heterocycles. The van der Waals surface area contributed by atoms with Crippen LogP contribution in [-0.2, 0) is 0 Å². The number of methoxy groups -OCH3 is 1. The number of aromatic nitrogens is 4. The number of ether oxygens (including phenoxy) is 2. The van der Waals surface area contributed by atoms with Crippen molar-refractivity contribution >= 4 is 11.8 Å². The first-order chi connectivity index (χ1) is 11.3. The minimum atomic E-state index is 0.223. The van der Waals surface area contributed by atoms with Gasteiger partial charge in [-0.05, 0) is 25.1 Å². The van der Waals surface area contributed by atoms with E-state index in [-0.39, 0.29) is 6.01 Å². The van der Waals surface area contributed by atoms with Crippen LogP contribution >= 0.6 is 0 Å². The molecule has 23 heavy (non-hydrogen) atoms. The fourth-order valence-electron chi connectivity index (χ4n) is 1.85. The molecule has 0 spiro atoms. The van der Waals surface area contributed by atoms with Gasteiger partial charge in [0.15, 0.2) is 0 Å².